The molecular weight excluding hydrogens is 328 g/mol. The van der Waals surface area contributed by atoms with Crippen molar-refractivity contribution in [1.82, 2.24) is 19.9 Å². The van der Waals surface area contributed by atoms with Crippen molar-refractivity contribution in [1.29, 1.82) is 0 Å². The van der Waals surface area contributed by atoms with Gasteiger partial charge in [-0.2, -0.15) is 0 Å². The molecule has 2 atom stereocenters. The number of morpholine rings is 1. The summed E-state index contributed by atoms with van der Waals surface area (Å²) < 4.78 is 5.81. The monoisotopic (exact) mass is 350 g/mol. The highest BCUT2D eigenvalue weighted by Gasteiger charge is 2.24. The molecule has 0 amide bonds. The van der Waals surface area contributed by atoms with E-state index in [1.165, 1.54) is 11.9 Å². The minimum Gasteiger partial charge on any atom is -0.372 e. The number of hydrogen-bond acceptors (Lipinski definition) is 7. The highest BCUT2D eigenvalue weighted by molar-refractivity contribution is 5.87. The van der Waals surface area contributed by atoms with Gasteiger partial charge in [0, 0.05) is 18.8 Å². The zero-order valence-corrected chi connectivity index (χ0v) is 15.2. The van der Waals surface area contributed by atoms with Gasteiger partial charge in [0.1, 0.15) is 17.4 Å². The molecule has 7 nitrogen and oxygen atoms in total. The van der Waals surface area contributed by atoms with Crippen LogP contribution in [0.4, 0.5) is 17.5 Å². The first-order valence-corrected chi connectivity index (χ1v) is 8.80. The number of anilines is 3. The smallest absolute Gasteiger partial charge is 0.226 e. The van der Waals surface area contributed by atoms with Gasteiger partial charge in [-0.3, -0.25) is 0 Å². The van der Waals surface area contributed by atoms with E-state index in [9.17, 15) is 0 Å². The van der Waals surface area contributed by atoms with Crippen LogP contribution in [0.25, 0.3) is 11.0 Å². The first-order chi connectivity index (χ1) is 12.6. The number of rotatable bonds is 3. The zero-order valence-electron chi connectivity index (χ0n) is 15.2. The Morgan fingerprint density at radius 3 is 2.69 bits per heavy atom. The molecule has 1 saturated heterocycles. The summed E-state index contributed by atoms with van der Waals surface area (Å²) in [4.78, 5) is 20.1. The molecule has 3 heterocycles. The maximum atomic E-state index is 5.81. The highest BCUT2D eigenvalue weighted by atomic mass is 16.5. The summed E-state index contributed by atoms with van der Waals surface area (Å²) >= 11 is 0. The van der Waals surface area contributed by atoms with Gasteiger partial charge in [-0.1, -0.05) is 12.1 Å². The Kier molecular flexibility index (Phi) is 4.38. The number of hydrogen-bond donors (Lipinski definition) is 1. The maximum Gasteiger partial charge on any atom is 0.226 e. The van der Waals surface area contributed by atoms with Crippen molar-refractivity contribution in [3.63, 3.8) is 0 Å². The van der Waals surface area contributed by atoms with Gasteiger partial charge < -0.3 is 15.0 Å². The fourth-order valence-corrected chi connectivity index (χ4v) is 3.29. The summed E-state index contributed by atoms with van der Waals surface area (Å²) in [6.07, 6.45) is 3.58. The van der Waals surface area contributed by atoms with Gasteiger partial charge in [-0.25, -0.2) is 19.9 Å². The average molecular weight is 350 g/mol. The molecule has 0 bridgehead atoms. The summed E-state index contributed by atoms with van der Waals surface area (Å²) in [5, 5.41) is 3.35. The second-order valence-corrected chi connectivity index (χ2v) is 6.78. The number of nitrogens with one attached hydrogen (secondary N) is 1. The van der Waals surface area contributed by atoms with Crippen LogP contribution in [0.2, 0.25) is 0 Å². The van der Waals surface area contributed by atoms with Crippen molar-refractivity contribution in [2.24, 2.45) is 0 Å². The molecule has 0 aliphatic carbocycles. The van der Waals surface area contributed by atoms with Crippen molar-refractivity contribution in [2.75, 3.05) is 23.3 Å². The highest BCUT2D eigenvalue weighted by Crippen LogP contribution is 2.24. The van der Waals surface area contributed by atoms with Crippen LogP contribution in [0, 0.1) is 6.92 Å². The van der Waals surface area contributed by atoms with Crippen LogP contribution in [-0.2, 0) is 4.74 Å². The summed E-state index contributed by atoms with van der Waals surface area (Å²) in [6, 6.07) is 8.15. The SMILES string of the molecule is Cc1cccc(Nc2ncnc3cnc(N4C[C@H](C)O[C@@H](C)C4)nc23)c1. The quantitative estimate of drug-likeness (QED) is 0.778. The summed E-state index contributed by atoms with van der Waals surface area (Å²) in [5.41, 5.74) is 3.58. The molecule has 3 aromatic rings. The largest absolute Gasteiger partial charge is 0.372 e. The van der Waals surface area contributed by atoms with Crippen LogP contribution in [0.3, 0.4) is 0 Å². The second kappa shape index (κ2) is 6.84. The van der Waals surface area contributed by atoms with Crippen LogP contribution >= 0.6 is 0 Å². The zero-order chi connectivity index (χ0) is 18.1. The third kappa shape index (κ3) is 3.43. The van der Waals surface area contributed by atoms with E-state index >= 15 is 0 Å². The first kappa shape index (κ1) is 16.7. The summed E-state index contributed by atoms with van der Waals surface area (Å²) in [7, 11) is 0. The molecule has 134 valence electrons. The molecule has 7 heteroatoms. The third-order valence-corrected chi connectivity index (χ3v) is 4.35. The lowest BCUT2D eigenvalue weighted by Crippen LogP contribution is -2.46. The van der Waals surface area contributed by atoms with Gasteiger partial charge in [-0.15, -0.1) is 0 Å². The van der Waals surface area contributed by atoms with Gasteiger partial charge >= 0.3 is 0 Å². The Bertz CT molecular complexity index is 921. The average Bonchev–Trinajstić information content (AvgIpc) is 2.61. The molecule has 1 aliphatic heterocycles. The molecule has 1 aliphatic rings. The van der Waals surface area contributed by atoms with Crippen LogP contribution in [0.15, 0.2) is 36.8 Å². The lowest BCUT2D eigenvalue weighted by Gasteiger charge is -2.35. The van der Waals surface area contributed by atoms with E-state index in [4.69, 9.17) is 9.72 Å². The van der Waals surface area contributed by atoms with Gasteiger partial charge in [-0.05, 0) is 38.5 Å². The molecular formula is C19H22N6O. The molecule has 2 aromatic heterocycles. The van der Waals surface area contributed by atoms with Crippen molar-refractivity contribution >= 4 is 28.5 Å². The van der Waals surface area contributed by atoms with Gasteiger partial charge in [0.25, 0.3) is 0 Å². The van der Waals surface area contributed by atoms with Gasteiger partial charge in [0.05, 0.1) is 18.4 Å². The molecule has 1 aromatic carbocycles. The molecule has 4 rings (SSSR count). The van der Waals surface area contributed by atoms with Crippen LogP contribution in [0.1, 0.15) is 19.4 Å². The third-order valence-electron chi connectivity index (χ3n) is 4.35. The van der Waals surface area contributed by atoms with E-state index in [2.05, 4.69) is 58.1 Å². The van der Waals surface area contributed by atoms with Crippen molar-refractivity contribution in [2.45, 2.75) is 33.0 Å². The maximum absolute atomic E-state index is 5.81. The first-order valence-electron chi connectivity index (χ1n) is 8.80. The Morgan fingerprint density at radius 2 is 1.92 bits per heavy atom. The van der Waals surface area contributed by atoms with Crippen LogP contribution in [-0.4, -0.2) is 45.2 Å². The number of benzene rings is 1. The molecule has 0 saturated carbocycles. The number of ether oxygens (including phenoxy) is 1. The second-order valence-electron chi connectivity index (χ2n) is 6.78. The van der Waals surface area contributed by atoms with Crippen molar-refractivity contribution < 1.29 is 4.74 Å². The summed E-state index contributed by atoms with van der Waals surface area (Å²) in [5.74, 6) is 1.36. The minimum atomic E-state index is 0.148. The lowest BCUT2D eigenvalue weighted by molar-refractivity contribution is -0.00570. The Labute approximate surface area is 152 Å². The Hall–Kier alpha value is -2.80. The van der Waals surface area contributed by atoms with Crippen molar-refractivity contribution in [3.8, 4) is 0 Å². The minimum absolute atomic E-state index is 0.148. The molecule has 0 spiro atoms. The van der Waals surface area contributed by atoms with E-state index in [0.717, 1.165) is 18.8 Å². The van der Waals surface area contributed by atoms with Crippen molar-refractivity contribution in [3.05, 3.63) is 42.4 Å². The molecule has 0 unspecified atom stereocenters. The molecule has 26 heavy (non-hydrogen) atoms. The molecule has 1 N–H and O–H groups in total. The number of nitrogens with zero attached hydrogens (tertiary/aromatic N) is 5. The predicted octanol–water partition coefficient (Wildman–Crippen LogP) is 3.09. The van der Waals surface area contributed by atoms with Gasteiger partial charge in [0.15, 0.2) is 5.82 Å². The molecule has 0 radical (unpaired) electrons. The molecule has 1 fully saturated rings. The number of aromatic nitrogens is 4. The van der Waals surface area contributed by atoms with E-state index in [1.807, 2.05) is 12.1 Å². The Balaban J connectivity index is 1.70. The number of fused-ring (bicyclic) bond motifs is 1. The van der Waals surface area contributed by atoms with E-state index in [1.54, 1.807) is 6.20 Å². The fourth-order valence-electron chi connectivity index (χ4n) is 3.29. The lowest BCUT2D eigenvalue weighted by atomic mass is 10.2. The predicted molar refractivity (Wildman–Crippen MR) is 102 cm³/mol. The van der Waals surface area contributed by atoms with Crippen LogP contribution < -0.4 is 10.2 Å². The van der Waals surface area contributed by atoms with E-state index in [-0.39, 0.29) is 12.2 Å². The summed E-state index contributed by atoms with van der Waals surface area (Å²) in [6.45, 7) is 7.73. The van der Waals surface area contributed by atoms with Gasteiger partial charge in [0.2, 0.25) is 5.95 Å². The normalized spacial score (nSPS) is 20.3. The Morgan fingerprint density at radius 1 is 1.12 bits per heavy atom. The van der Waals surface area contributed by atoms with E-state index in [0.29, 0.717) is 22.8 Å². The standard InChI is InChI=1S/C19H22N6O/c1-12-5-4-6-15(7-12)23-18-17-16(21-11-22-18)8-20-19(24-17)25-9-13(2)26-14(3)10-25/h4-8,11,13-14H,9-10H2,1-3H3,(H,21,22,23)/t13-,14-/m0/s1. The van der Waals surface area contributed by atoms with Crippen LogP contribution in [0.5, 0.6) is 0 Å². The fraction of sp³-hybridized carbons (Fsp3) is 0.368. The topological polar surface area (TPSA) is 76.1 Å². The number of aryl methyl sites for hydroxylation is 1. The van der Waals surface area contributed by atoms with E-state index < -0.39 is 0 Å².